The average molecular weight is 440 g/mol. The van der Waals surface area contributed by atoms with Crippen LogP contribution in [-0.4, -0.2) is 38.7 Å². The summed E-state index contributed by atoms with van der Waals surface area (Å²) in [5.41, 5.74) is 2.61. The SMILES string of the molecule is Cc1nn(-c2cc(N3CCCCC3)ncn2)c(C)c1CCC(=O)Nc1ccc(F)cc1F. The third-order valence-corrected chi connectivity index (χ3v) is 5.78. The monoisotopic (exact) mass is 440 g/mol. The first-order valence-corrected chi connectivity index (χ1v) is 10.8. The third kappa shape index (κ3) is 4.76. The molecule has 0 aliphatic carbocycles. The second kappa shape index (κ2) is 9.42. The summed E-state index contributed by atoms with van der Waals surface area (Å²) in [5.74, 6) is -0.259. The van der Waals surface area contributed by atoms with Crippen LogP contribution in [0.1, 0.15) is 42.6 Å². The lowest BCUT2D eigenvalue weighted by Crippen LogP contribution is -2.30. The summed E-state index contributed by atoms with van der Waals surface area (Å²) in [7, 11) is 0. The summed E-state index contributed by atoms with van der Waals surface area (Å²) in [4.78, 5) is 23.4. The zero-order valence-corrected chi connectivity index (χ0v) is 18.2. The van der Waals surface area contributed by atoms with Crippen molar-refractivity contribution in [1.29, 1.82) is 0 Å². The van der Waals surface area contributed by atoms with Crippen LogP contribution < -0.4 is 10.2 Å². The summed E-state index contributed by atoms with van der Waals surface area (Å²) in [6.45, 7) is 5.81. The molecule has 1 aliphatic rings. The summed E-state index contributed by atoms with van der Waals surface area (Å²) >= 11 is 0. The molecule has 0 unspecified atom stereocenters. The fourth-order valence-electron chi connectivity index (χ4n) is 4.05. The molecule has 32 heavy (non-hydrogen) atoms. The molecule has 1 N–H and O–H groups in total. The molecule has 0 saturated carbocycles. The lowest BCUT2D eigenvalue weighted by atomic mass is 10.1. The normalized spacial score (nSPS) is 13.9. The van der Waals surface area contributed by atoms with Crippen molar-refractivity contribution in [3.63, 3.8) is 0 Å². The third-order valence-electron chi connectivity index (χ3n) is 5.78. The molecule has 1 saturated heterocycles. The van der Waals surface area contributed by atoms with Gasteiger partial charge in [0.25, 0.3) is 0 Å². The number of piperidine rings is 1. The molecule has 0 spiro atoms. The predicted molar refractivity (Wildman–Crippen MR) is 118 cm³/mol. The van der Waals surface area contributed by atoms with Gasteiger partial charge in [0.05, 0.1) is 11.4 Å². The summed E-state index contributed by atoms with van der Waals surface area (Å²) in [5, 5.41) is 7.12. The topological polar surface area (TPSA) is 75.9 Å². The van der Waals surface area contributed by atoms with Crippen molar-refractivity contribution in [3.05, 3.63) is 59.2 Å². The van der Waals surface area contributed by atoms with Crippen molar-refractivity contribution in [2.24, 2.45) is 0 Å². The van der Waals surface area contributed by atoms with Crippen LogP contribution in [0.4, 0.5) is 20.3 Å². The number of aryl methyl sites for hydroxylation is 1. The zero-order valence-electron chi connectivity index (χ0n) is 18.2. The minimum atomic E-state index is -0.799. The Hall–Kier alpha value is -3.36. The number of carbonyl (C=O) groups excluding carboxylic acids is 1. The number of rotatable bonds is 6. The van der Waals surface area contributed by atoms with Gasteiger partial charge >= 0.3 is 0 Å². The summed E-state index contributed by atoms with van der Waals surface area (Å²) < 4.78 is 28.6. The largest absolute Gasteiger partial charge is 0.356 e. The second-order valence-electron chi connectivity index (χ2n) is 8.02. The van der Waals surface area contributed by atoms with Gasteiger partial charge < -0.3 is 10.2 Å². The number of nitrogens with one attached hydrogen (secondary N) is 1. The van der Waals surface area contributed by atoms with Gasteiger partial charge in [0.15, 0.2) is 5.82 Å². The highest BCUT2D eigenvalue weighted by Gasteiger charge is 2.18. The van der Waals surface area contributed by atoms with Crippen molar-refractivity contribution in [3.8, 4) is 5.82 Å². The van der Waals surface area contributed by atoms with Gasteiger partial charge in [0.2, 0.25) is 5.91 Å². The van der Waals surface area contributed by atoms with Crippen molar-refractivity contribution >= 4 is 17.4 Å². The fraction of sp³-hybridized carbons (Fsp3) is 0.391. The van der Waals surface area contributed by atoms with Gasteiger partial charge in [-0.2, -0.15) is 5.10 Å². The molecule has 1 aliphatic heterocycles. The van der Waals surface area contributed by atoms with E-state index < -0.39 is 11.6 Å². The van der Waals surface area contributed by atoms with E-state index in [0.29, 0.717) is 12.2 Å². The average Bonchev–Trinajstić information content (AvgIpc) is 3.08. The van der Waals surface area contributed by atoms with Gasteiger partial charge in [-0.25, -0.2) is 23.4 Å². The Balaban J connectivity index is 1.47. The highest BCUT2D eigenvalue weighted by molar-refractivity contribution is 5.91. The van der Waals surface area contributed by atoms with Gasteiger partial charge in [0, 0.05) is 37.3 Å². The molecule has 0 atom stereocenters. The molecule has 0 radical (unpaired) electrons. The van der Waals surface area contributed by atoms with Crippen LogP contribution in [0, 0.1) is 25.5 Å². The summed E-state index contributed by atoms with van der Waals surface area (Å²) in [6, 6.07) is 5.01. The fourth-order valence-corrected chi connectivity index (χ4v) is 4.05. The number of amides is 1. The van der Waals surface area contributed by atoms with Gasteiger partial charge in [-0.1, -0.05) is 0 Å². The van der Waals surface area contributed by atoms with E-state index in [1.165, 1.54) is 12.5 Å². The van der Waals surface area contributed by atoms with Crippen LogP contribution in [0.3, 0.4) is 0 Å². The molecule has 7 nitrogen and oxygen atoms in total. The maximum Gasteiger partial charge on any atom is 0.224 e. The van der Waals surface area contributed by atoms with Gasteiger partial charge in [-0.3, -0.25) is 4.79 Å². The van der Waals surface area contributed by atoms with E-state index in [9.17, 15) is 13.6 Å². The molecule has 0 bridgehead atoms. The number of halogens is 2. The van der Waals surface area contributed by atoms with E-state index >= 15 is 0 Å². The molecular formula is C23H26F2N6O. The Morgan fingerprint density at radius 1 is 1.06 bits per heavy atom. The molecule has 3 heterocycles. The van der Waals surface area contributed by atoms with Crippen molar-refractivity contribution in [1.82, 2.24) is 19.7 Å². The molecule has 3 aromatic rings. The molecule has 9 heteroatoms. The highest BCUT2D eigenvalue weighted by Crippen LogP contribution is 2.23. The van der Waals surface area contributed by atoms with Gasteiger partial charge in [-0.15, -0.1) is 0 Å². The molecule has 4 rings (SSSR count). The van der Waals surface area contributed by atoms with Crippen LogP contribution in [0.2, 0.25) is 0 Å². The Labute approximate surface area is 185 Å². The minimum Gasteiger partial charge on any atom is -0.356 e. The number of benzene rings is 1. The molecule has 1 amide bonds. The number of carbonyl (C=O) groups is 1. The Morgan fingerprint density at radius 2 is 1.81 bits per heavy atom. The zero-order chi connectivity index (χ0) is 22.7. The second-order valence-corrected chi connectivity index (χ2v) is 8.02. The quantitative estimate of drug-likeness (QED) is 0.624. The lowest BCUT2D eigenvalue weighted by molar-refractivity contribution is -0.116. The first-order valence-electron chi connectivity index (χ1n) is 10.8. The Bertz CT molecular complexity index is 1120. The smallest absolute Gasteiger partial charge is 0.224 e. The lowest BCUT2D eigenvalue weighted by Gasteiger charge is -2.27. The van der Waals surface area contributed by atoms with Gasteiger partial charge in [0.1, 0.15) is 23.8 Å². The number of hydrogen-bond donors (Lipinski definition) is 1. The van der Waals surface area contributed by atoms with Crippen LogP contribution in [0.25, 0.3) is 5.82 Å². The van der Waals surface area contributed by atoms with E-state index in [-0.39, 0.29) is 18.0 Å². The molecular weight excluding hydrogens is 414 g/mol. The van der Waals surface area contributed by atoms with Crippen molar-refractivity contribution in [2.45, 2.75) is 46.0 Å². The van der Waals surface area contributed by atoms with Gasteiger partial charge in [-0.05, 0) is 57.2 Å². The molecule has 1 fully saturated rings. The Kier molecular flexibility index (Phi) is 6.43. The molecule has 1 aromatic carbocycles. The minimum absolute atomic E-state index is 0.0354. The highest BCUT2D eigenvalue weighted by atomic mass is 19.1. The van der Waals surface area contributed by atoms with Crippen LogP contribution >= 0.6 is 0 Å². The molecule has 2 aromatic heterocycles. The van der Waals surface area contributed by atoms with Crippen LogP contribution in [-0.2, 0) is 11.2 Å². The number of hydrogen-bond acceptors (Lipinski definition) is 5. The number of aromatic nitrogens is 4. The standard InChI is InChI=1S/C23H26F2N6O/c1-15-18(7-9-23(32)28-20-8-6-17(24)12-19(20)25)16(2)31(29-15)22-13-21(26-14-27-22)30-10-4-3-5-11-30/h6,8,12-14H,3-5,7,9-11H2,1-2H3,(H,28,32). The van der Waals surface area contributed by atoms with E-state index in [0.717, 1.165) is 60.8 Å². The first kappa shape index (κ1) is 21.9. The van der Waals surface area contributed by atoms with Crippen LogP contribution in [0.5, 0.6) is 0 Å². The van der Waals surface area contributed by atoms with Crippen molar-refractivity contribution < 1.29 is 13.6 Å². The number of anilines is 2. The van der Waals surface area contributed by atoms with E-state index in [2.05, 4.69) is 25.3 Å². The van der Waals surface area contributed by atoms with Crippen molar-refractivity contribution in [2.75, 3.05) is 23.3 Å². The molecule has 168 valence electrons. The maximum atomic E-state index is 13.8. The van der Waals surface area contributed by atoms with E-state index in [1.807, 2.05) is 19.9 Å². The maximum absolute atomic E-state index is 13.8. The number of nitrogens with zero attached hydrogens (tertiary/aromatic N) is 5. The predicted octanol–water partition coefficient (Wildman–Crippen LogP) is 4.12. The first-order chi connectivity index (χ1) is 15.4. The van der Waals surface area contributed by atoms with Crippen LogP contribution in [0.15, 0.2) is 30.6 Å². The van der Waals surface area contributed by atoms with E-state index in [4.69, 9.17) is 0 Å². The van der Waals surface area contributed by atoms with E-state index in [1.54, 1.807) is 11.0 Å². The summed E-state index contributed by atoms with van der Waals surface area (Å²) in [6.07, 6.45) is 5.71. The Morgan fingerprint density at radius 3 is 2.56 bits per heavy atom.